The van der Waals surface area contributed by atoms with E-state index in [9.17, 15) is 4.79 Å². The highest BCUT2D eigenvalue weighted by Crippen LogP contribution is 2.16. The monoisotopic (exact) mass is 309 g/mol. The molecule has 1 amide bonds. The van der Waals surface area contributed by atoms with Crippen LogP contribution in [0.5, 0.6) is 0 Å². The van der Waals surface area contributed by atoms with Crippen molar-refractivity contribution in [2.24, 2.45) is 7.05 Å². The lowest BCUT2D eigenvalue weighted by Crippen LogP contribution is -2.13. The van der Waals surface area contributed by atoms with Crippen molar-refractivity contribution in [2.75, 3.05) is 5.32 Å². The first kappa shape index (κ1) is 15.0. The van der Waals surface area contributed by atoms with Gasteiger partial charge in [0.15, 0.2) is 0 Å². The van der Waals surface area contributed by atoms with Gasteiger partial charge in [0.05, 0.1) is 22.8 Å². The van der Waals surface area contributed by atoms with Crippen molar-refractivity contribution in [1.82, 2.24) is 19.6 Å². The molecule has 0 aliphatic carbocycles. The Morgan fingerprint density at radius 3 is 2.52 bits per heavy atom. The van der Waals surface area contributed by atoms with Crippen LogP contribution >= 0.6 is 0 Å². The minimum absolute atomic E-state index is 0.163. The molecule has 3 aromatic rings. The van der Waals surface area contributed by atoms with Gasteiger partial charge in [-0.1, -0.05) is 6.07 Å². The van der Waals surface area contributed by atoms with Gasteiger partial charge >= 0.3 is 0 Å². The van der Waals surface area contributed by atoms with Crippen molar-refractivity contribution >= 4 is 11.6 Å². The molecule has 0 atom stereocenters. The number of hydrogen-bond donors (Lipinski definition) is 1. The molecule has 2 heterocycles. The second-order valence-electron chi connectivity index (χ2n) is 5.65. The van der Waals surface area contributed by atoms with E-state index >= 15 is 0 Å². The zero-order valence-electron chi connectivity index (χ0n) is 13.7. The lowest BCUT2D eigenvalue weighted by atomic mass is 10.2. The fraction of sp³-hybridized carbons (Fsp3) is 0.235. The van der Waals surface area contributed by atoms with Crippen LogP contribution in [0.4, 0.5) is 5.69 Å². The summed E-state index contributed by atoms with van der Waals surface area (Å²) in [5, 5.41) is 11.6. The van der Waals surface area contributed by atoms with Gasteiger partial charge < -0.3 is 5.32 Å². The number of nitrogens with zero attached hydrogens (tertiary/aromatic N) is 4. The van der Waals surface area contributed by atoms with Crippen molar-refractivity contribution in [2.45, 2.75) is 20.8 Å². The van der Waals surface area contributed by atoms with E-state index in [-0.39, 0.29) is 5.91 Å². The quantitative estimate of drug-likeness (QED) is 0.809. The standard InChI is InChI=1S/C17H19N5O/c1-11-8-12(2)22(19-11)15-7-5-6-14(9-15)17(23)18-16-10-21(4)20-13(16)3/h5-10H,1-4H3,(H,18,23). The summed E-state index contributed by atoms with van der Waals surface area (Å²) in [6.07, 6.45) is 1.79. The van der Waals surface area contributed by atoms with E-state index in [0.29, 0.717) is 11.3 Å². The largest absolute Gasteiger partial charge is 0.319 e. The lowest BCUT2D eigenvalue weighted by Gasteiger charge is -2.08. The van der Waals surface area contributed by atoms with Gasteiger partial charge in [0.25, 0.3) is 5.91 Å². The molecule has 0 saturated heterocycles. The van der Waals surface area contributed by atoms with Gasteiger partial charge in [0, 0.05) is 24.5 Å². The number of anilines is 1. The summed E-state index contributed by atoms with van der Waals surface area (Å²) >= 11 is 0. The molecule has 0 unspecified atom stereocenters. The van der Waals surface area contributed by atoms with E-state index in [2.05, 4.69) is 15.5 Å². The molecule has 1 aromatic carbocycles. The van der Waals surface area contributed by atoms with Gasteiger partial charge in [0.2, 0.25) is 0 Å². The molecule has 0 radical (unpaired) electrons. The van der Waals surface area contributed by atoms with Gasteiger partial charge in [0.1, 0.15) is 0 Å². The third-order valence-electron chi connectivity index (χ3n) is 3.62. The summed E-state index contributed by atoms with van der Waals surface area (Å²) in [7, 11) is 1.83. The molecular formula is C17H19N5O. The van der Waals surface area contributed by atoms with Crippen molar-refractivity contribution in [3.63, 3.8) is 0 Å². The molecule has 6 heteroatoms. The van der Waals surface area contributed by atoms with E-state index in [1.807, 2.05) is 56.8 Å². The SMILES string of the molecule is Cc1cc(C)n(-c2cccc(C(=O)Nc3cn(C)nc3C)c2)n1. The first-order chi connectivity index (χ1) is 10.9. The zero-order chi connectivity index (χ0) is 16.6. The molecule has 3 rings (SSSR count). The molecule has 0 aliphatic rings. The van der Waals surface area contributed by atoms with Crippen molar-refractivity contribution < 1.29 is 4.79 Å². The number of nitrogens with one attached hydrogen (secondary N) is 1. The second kappa shape index (κ2) is 5.72. The summed E-state index contributed by atoms with van der Waals surface area (Å²) < 4.78 is 3.51. The molecule has 0 spiro atoms. The van der Waals surface area contributed by atoms with Crippen LogP contribution in [0.3, 0.4) is 0 Å². The predicted molar refractivity (Wildman–Crippen MR) is 88.9 cm³/mol. The predicted octanol–water partition coefficient (Wildman–Crippen LogP) is 2.78. The Balaban J connectivity index is 1.89. The summed E-state index contributed by atoms with van der Waals surface area (Å²) in [5.41, 5.74) is 4.93. The molecule has 0 saturated carbocycles. The number of benzene rings is 1. The fourth-order valence-electron chi connectivity index (χ4n) is 2.59. The Kier molecular flexibility index (Phi) is 3.73. The Morgan fingerprint density at radius 2 is 1.91 bits per heavy atom. The summed E-state index contributed by atoms with van der Waals surface area (Å²) in [6.45, 7) is 5.80. The van der Waals surface area contributed by atoms with Crippen LogP contribution in [-0.2, 0) is 7.05 Å². The van der Waals surface area contributed by atoms with Crippen LogP contribution in [0, 0.1) is 20.8 Å². The average Bonchev–Trinajstić information content (AvgIpc) is 3.00. The minimum Gasteiger partial charge on any atom is -0.319 e. The van der Waals surface area contributed by atoms with Gasteiger partial charge in [-0.2, -0.15) is 10.2 Å². The molecule has 1 N–H and O–H groups in total. The smallest absolute Gasteiger partial charge is 0.255 e. The van der Waals surface area contributed by atoms with Crippen LogP contribution in [0.1, 0.15) is 27.4 Å². The third kappa shape index (κ3) is 3.01. The summed E-state index contributed by atoms with van der Waals surface area (Å²) in [4.78, 5) is 12.5. The number of aromatic nitrogens is 4. The summed E-state index contributed by atoms with van der Waals surface area (Å²) in [6, 6.07) is 9.42. The fourth-order valence-corrected chi connectivity index (χ4v) is 2.59. The topological polar surface area (TPSA) is 64.7 Å². The van der Waals surface area contributed by atoms with Crippen molar-refractivity contribution in [3.8, 4) is 5.69 Å². The van der Waals surface area contributed by atoms with E-state index in [4.69, 9.17) is 0 Å². The Labute approximate surface area is 134 Å². The Bertz CT molecular complexity index is 875. The second-order valence-corrected chi connectivity index (χ2v) is 5.65. The maximum atomic E-state index is 12.5. The highest BCUT2D eigenvalue weighted by atomic mass is 16.1. The van der Waals surface area contributed by atoms with Crippen molar-refractivity contribution in [1.29, 1.82) is 0 Å². The molecule has 0 aliphatic heterocycles. The summed E-state index contributed by atoms with van der Waals surface area (Å²) in [5.74, 6) is -0.163. The normalized spacial score (nSPS) is 10.8. The molecule has 118 valence electrons. The van der Waals surface area contributed by atoms with Crippen LogP contribution in [0.15, 0.2) is 36.5 Å². The third-order valence-corrected chi connectivity index (χ3v) is 3.62. The molecule has 23 heavy (non-hydrogen) atoms. The van der Waals surface area contributed by atoms with Crippen LogP contribution in [0.25, 0.3) is 5.69 Å². The number of carbonyl (C=O) groups is 1. The van der Waals surface area contributed by atoms with Gasteiger partial charge in [-0.05, 0) is 45.0 Å². The number of carbonyl (C=O) groups excluding carboxylic acids is 1. The molecule has 6 nitrogen and oxygen atoms in total. The van der Waals surface area contributed by atoms with Crippen LogP contribution < -0.4 is 5.32 Å². The maximum absolute atomic E-state index is 12.5. The van der Waals surface area contributed by atoms with Crippen molar-refractivity contribution in [3.05, 3.63) is 59.2 Å². The Morgan fingerprint density at radius 1 is 1.13 bits per heavy atom. The van der Waals surface area contributed by atoms with Gasteiger partial charge in [-0.15, -0.1) is 0 Å². The number of aryl methyl sites for hydroxylation is 4. The van der Waals surface area contributed by atoms with E-state index in [1.54, 1.807) is 16.9 Å². The highest BCUT2D eigenvalue weighted by molar-refractivity contribution is 6.04. The lowest BCUT2D eigenvalue weighted by molar-refractivity contribution is 0.102. The molecule has 0 bridgehead atoms. The van der Waals surface area contributed by atoms with Gasteiger partial charge in [-0.25, -0.2) is 4.68 Å². The highest BCUT2D eigenvalue weighted by Gasteiger charge is 2.12. The Hall–Kier alpha value is -2.89. The van der Waals surface area contributed by atoms with E-state index in [0.717, 1.165) is 22.8 Å². The number of amides is 1. The zero-order valence-corrected chi connectivity index (χ0v) is 13.7. The van der Waals surface area contributed by atoms with E-state index in [1.165, 1.54) is 0 Å². The number of hydrogen-bond acceptors (Lipinski definition) is 3. The van der Waals surface area contributed by atoms with Crippen LogP contribution in [0.2, 0.25) is 0 Å². The molecular weight excluding hydrogens is 290 g/mol. The number of rotatable bonds is 3. The van der Waals surface area contributed by atoms with E-state index < -0.39 is 0 Å². The first-order valence-electron chi connectivity index (χ1n) is 7.39. The van der Waals surface area contributed by atoms with Crippen LogP contribution in [-0.4, -0.2) is 25.5 Å². The average molecular weight is 309 g/mol. The first-order valence-corrected chi connectivity index (χ1v) is 7.39. The maximum Gasteiger partial charge on any atom is 0.255 e. The minimum atomic E-state index is -0.163. The van der Waals surface area contributed by atoms with Gasteiger partial charge in [-0.3, -0.25) is 9.48 Å². The molecule has 2 aromatic heterocycles. The molecule has 0 fully saturated rings.